The van der Waals surface area contributed by atoms with Crippen molar-refractivity contribution in [2.45, 2.75) is 6.42 Å². The van der Waals surface area contributed by atoms with E-state index in [9.17, 15) is 4.79 Å². The van der Waals surface area contributed by atoms with E-state index in [4.69, 9.17) is 23.2 Å². The van der Waals surface area contributed by atoms with Crippen LogP contribution in [-0.2, 0) is 4.79 Å². The van der Waals surface area contributed by atoms with Gasteiger partial charge < -0.3 is 5.73 Å². The van der Waals surface area contributed by atoms with E-state index in [0.717, 1.165) is 5.01 Å². The first-order valence-electron chi connectivity index (χ1n) is 4.18. The molecule has 0 aliphatic carbocycles. The molecule has 1 amide bonds. The third-order valence-corrected chi connectivity index (χ3v) is 1.98. The molecule has 4 N–H and O–H groups in total. The van der Waals surface area contributed by atoms with Gasteiger partial charge >= 0.3 is 0 Å². The van der Waals surface area contributed by atoms with Gasteiger partial charge in [0.2, 0.25) is 5.91 Å². The number of nitrogens with zero attached hydrogens (tertiary/aromatic N) is 1. The third kappa shape index (κ3) is 2.70. The molecule has 0 fully saturated rings. The molecule has 4 nitrogen and oxygen atoms in total. The van der Waals surface area contributed by atoms with Crippen LogP contribution in [0.3, 0.4) is 0 Å². The van der Waals surface area contributed by atoms with Crippen LogP contribution < -0.4 is 16.6 Å². The Morgan fingerprint density at radius 2 is 1.93 bits per heavy atom. The molecule has 0 saturated carbocycles. The Balaban J connectivity index is 2.73. The van der Waals surface area contributed by atoms with Crippen molar-refractivity contribution in [3.05, 3.63) is 29.3 Å². The first-order chi connectivity index (χ1) is 6.65. The zero-order valence-corrected chi connectivity index (χ0v) is 8.37. The highest BCUT2D eigenvalue weighted by Crippen LogP contribution is 2.15. The minimum absolute atomic E-state index is 0.213. The quantitative estimate of drug-likeness (QED) is 0.445. The molecule has 0 radical (unpaired) electrons. The Morgan fingerprint density at radius 3 is 2.43 bits per heavy atom. The smallest absolute Gasteiger partial charge is 0.242 e. The van der Waals surface area contributed by atoms with Gasteiger partial charge in [0, 0.05) is 18.0 Å². The molecule has 14 heavy (non-hydrogen) atoms. The number of nitrogens with two attached hydrogens (primary N) is 2. The third-order valence-electron chi connectivity index (χ3n) is 1.73. The molecule has 0 saturated heterocycles. The monoisotopic (exact) mass is 213 g/mol. The number of hydrogen-bond donors (Lipinski definition) is 2. The van der Waals surface area contributed by atoms with Crippen LogP contribution in [-0.4, -0.2) is 12.5 Å². The standard InChI is InChI=1S/C9H12ClN3O/c10-7-1-3-8(4-2-7)13(12)9(14)5-6-11/h1-4H,5-6,11-12H2. The van der Waals surface area contributed by atoms with Crippen LogP contribution in [0.15, 0.2) is 24.3 Å². The molecule has 1 rings (SSSR count). The Bertz CT molecular complexity index is 312. The van der Waals surface area contributed by atoms with Gasteiger partial charge in [-0.1, -0.05) is 11.6 Å². The molecule has 0 aliphatic rings. The van der Waals surface area contributed by atoms with Crippen molar-refractivity contribution < 1.29 is 4.79 Å². The maximum absolute atomic E-state index is 11.3. The molecule has 5 heteroatoms. The zero-order valence-electron chi connectivity index (χ0n) is 7.61. The fraction of sp³-hybridized carbons (Fsp3) is 0.222. The van der Waals surface area contributed by atoms with E-state index in [0.29, 0.717) is 17.3 Å². The number of carbonyl (C=O) groups excluding carboxylic acids is 1. The topological polar surface area (TPSA) is 72.4 Å². The lowest BCUT2D eigenvalue weighted by Gasteiger charge is -2.15. The number of rotatable bonds is 3. The Hall–Kier alpha value is -1.10. The molecule has 0 bridgehead atoms. The average molecular weight is 214 g/mol. The Labute approximate surface area is 87.4 Å². The number of carbonyl (C=O) groups is 1. The highest BCUT2D eigenvalue weighted by molar-refractivity contribution is 6.30. The van der Waals surface area contributed by atoms with Gasteiger partial charge in [-0.3, -0.25) is 4.79 Å². The van der Waals surface area contributed by atoms with Crippen molar-refractivity contribution in [3.63, 3.8) is 0 Å². The molecule has 0 aromatic heterocycles. The highest BCUT2D eigenvalue weighted by Gasteiger charge is 2.09. The Morgan fingerprint density at radius 1 is 1.36 bits per heavy atom. The minimum Gasteiger partial charge on any atom is -0.330 e. The van der Waals surface area contributed by atoms with Gasteiger partial charge in [-0.05, 0) is 24.3 Å². The molecule has 76 valence electrons. The first kappa shape index (κ1) is 11.0. The normalized spacial score (nSPS) is 9.93. The summed E-state index contributed by atoms with van der Waals surface area (Å²) in [6, 6.07) is 6.70. The number of hydrogen-bond acceptors (Lipinski definition) is 3. The SMILES string of the molecule is NCCC(=O)N(N)c1ccc(Cl)cc1. The second kappa shape index (κ2) is 4.95. The molecule has 0 aliphatic heterocycles. The van der Waals surface area contributed by atoms with Crippen molar-refractivity contribution in [1.82, 2.24) is 0 Å². The van der Waals surface area contributed by atoms with Gasteiger partial charge in [0.15, 0.2) is 0 Å². The maximum atomic E-state index is 11.3. The van der Waals surface area contributed by atoms with E-state index >= 15 is 0 Å². The van der Waals surface area contributed by atoms with E-state index in [1.54, 1.807) is 24.3 Å². The summed E-state index contributed by atoms with van der Waals surface area (Å²) in [6.07, 6.45) is 0.235. The van der Waals surface area contributed by atoms with E-state index in [1.807, 2.05) is 0 Å². The number of hydrazine groups is 1. The predicted molar refractivity (Wildman–Crippen MR) is 56.8 cm³/mol. The molecule has 1 aromatic carbocycles. The van der Waals surface area contributed by atoms with Crippen molar-refractivity contribution >= 4 is 23.2 Å². The molecular weight excluding hydrogens is 202 g/mol. The van der Waals surface area contributed by atoms with Crippen molar-refractivity contribution in [3.8, 4) is 0 Å². The maximum Gasteiger partial charge on any atom is 0.242 e. The molecule has 0 heterocycles. The summed E-state index contributed by atoms with van der Waals surface area (Å²) in [6.45, 7) is 0.292. The second-order valence-corrected chi connectivity index (χ2v) is 3.22. The summed E-state index contributed by atoms with van der Waals surface area (Å²) in [5, 5.41) is 1.68. The number of benzene rings is 1. The summed E-state index contributed by atoms with van der Waals surface area (Å²) in [7, 11) is 0. The molecule has 1 aromatic rings. The minimum atomic E-state index is -0.213. The lowest BCUT2D eigenvalue weighted by molar-refractivity contribution is -0.118. The van der Waals surface area contributed by atoms with Gasteiger partial charge in [-0.25, -0.2) is 10.9 Å². The Kier molecular flexibility index (Phi) is 3.88. The average Bonchev–Trinajstić information content (AvgIpc) is 2.18. The van der Waals surface area contributed by atoms with Gasteiger partial charge in [0.1, 0.15) is 0 Å². The number of halogens is 1. The second-order valence-electron chi connectivity index (χ2n) is 2.78. The van der Waals surface area contributed by atoms with E-state index in [-0.39, 0.29) is 12.3 Å². The van der Waals surface area contributed by atoms with Gasteiger partial charge in [-0.2, -0.15) is 0 Å². The summed E-state index contributed by atoms with van der Waals surface area (Å²) >= 11 is 5.69. The predicted octanol–water partition coefficient (Wildman–Crippen LogP) is 0.896. The highest BCUT2D eigenvalue weighted by atomic mass is 35.5. The molecule has 0 unspecified atom stereocenters. The van der Waals surface area contributed by atoms with Crippen molar-refractivity contribution in [1.29, 1.82) is 0 Å². The van der Waals surface area contributed by atoms with Crippen molar-refractivity contribution in [2.75, 3.05) is 11.6 Å². The fourth-order valence-electron chi connectivity index (χ4n) is 0.990. The molecular formula is C9H12ClN3O. The van der Waals surface area contributed by atoms with Crippen LogP contribution in [0.1, 0.15) is 6.42 Å². The number of amides is 1. The largest absolute Gasteiger partial charge is 0.330 e. The summed E-state index contributed by atoms with van der Waals surface area (Å²) < 4.78 is 0. The van der Waals surface area contributed by atoms with E-state index in [1.165, 1.54) is 0 Å². The van der Waals surface area contributed by atoms with Crippen LogP contribution >= 0.6 is 11.6 Å². The van der Waals surface area contributed by atoms with E-state index < -0.39 is 0 Å². The van der Waals surface area contributed by atoms with Gasteiger partial charge in [0.25, 0.3) is 0 Å². The lowest BCUT2D eigenvalue weighted by atomic mass is 10.3. The van der Waals surface area contributed by atoms with Crippen LogP contribution in [0.4, 0.5) is 5.69 Å². The van der Waals surface area contributed by atoms with Gasteiger partial charge in [-0.15, -0.1) is 0 Å². The van der Waals surface area contributed by atoms with Crippen LogP contribution in [0.5, 0.6) is 0 Å². The van der Waals surface area contributed by atoms with Crippen LogP contribution in [0, 0.1) is 0 Å². The molecule has 0 atom stereocenters. The van der Waals surface area contributed by atoms with Crippen LogP contribution in [0.25, 0.3) is 0 Å². The molecule has 0 spiro atoms. The van der Waals surface area contributed by atoms with Gasteiger partial charge in [0.05, 0.1) is 5.69 Å². The summed E-state index contributed by atoms with van der Waals surface area (Å²) in [5.41, 5.74) is 5.85. The zero-order chi connectivity index (χ0) is 10.6. The van der Waals surface area contributed by atoms with Crippen LogP contribution in [0.2, 0.25) is 5.02 Å². The fourth-order valence-corrected chi connectivity index (χ4v) is 1.12. The summed E-state index contributed by atoms with van der Waals surface area (Å²) in [5.74, 6) is 5.35. The number of anilines is 1. The lowest BCUT2D eigenvalue weighted by Crippen LogP contribution is -2.38. The van der Waals surface area contributed by atoms with Crippen molar-refractivity contribution in [2.24, 2.45) is 11.6 Å². The summed E-state index contributed by atoms with van der Waals surface area (Å²) in [4.78, 5) is 11.3. The first-order valence-corrected chi connectivity index (χ1v) is 4.56. The van der Waals surface area contributed by atoms with E-state index in [2.05, 4.69) is 0 Å².